The van der Waals surface area contributed by atoms with Crippen LogP contribution in [0.15, 0.2) is 70.0 Å². The fourth-order valence-corrected chi connectivity index (χ4v) is 3.25. The molecule has 28 heavy (non-hydrogen) atoms. The Hall–Kier alpha value is -2.97. The van der Waals surface area contributed by atoms with Crippen molar-refractivity contribution in [3.8, 4) is 11.3 Å². The molecule has 0 radical (unpaired) electrons. The first-order chi connectivity index (χ1) is 13.2. The van der Waals surface area contributed by atoms with Gasteiger partial charge in [-0.25, -0.2) is 17.9 Å². The van der Waals surface area contributed by atoms with Crippen LogP contribution in [0.25, 0.3) is 11.3 Å². The molecule has 3 rings (SSSR count). The van der Waals surface area contributed by atoms with Gasteiger partial charge in [-0.2, -0.15) is 0 Å². The minimum Gasteiger partial charge on any atom is -0.451 e. The third-order valence-corrected chi connectivity index (χ3v) is 5.47. The summed E-state index contributed by atoms with van der Waals surface area (Å²) in [5.74, 6) is -0.0817. The smallest absolute Gasteiger partial charge is 0.289 e. The Morgan fingerprint density at radius 1 is 1.04 bits per heavy atom. The lowest BCUT2D eigenvalue weighted by Crippen LogP contribution is -2.29. The van der Waals surface area contributed by atoms with Gasteiger partial charge in [0.15, 0.2) is 5.76 Å². The monoisotopic (exact) mass is 402 g/mol. The first-order valence-electron chi connectivity index (χ1n) is 8.42. The lowest BCUT2D eigenvalue weighted by Gasteiger charge is -2.24. The van der Waals surface area contributed by atoms with Crippen molar-refractivity contribution in [3.05, 3.63) is 77.8 Å². The standard InChI is InChI=1S/C20H19FN2O4S/c1-13(14-5-9-17(10-6-14)28(22,25)26)23(2)20(24)19-12-11-18(27-19)15-3-7-16(21)8-4-15/h3-13H,1-2H3,(H2,22,25,26). The first kappa shape index (κ1) is 19.8. The maximum atomic E-state index is 13.1. The molecule has 0 saturated carbocycles. The van der Waals surface area contributed by atoms with E-state index < -0.39 is 10.0 Å². The molecule has 3 aromatic rings. The van der Waals surface area contributed by atoms with Crippen molar-refractivity contribution in [2.75, 3.05) is 7.05 Å². The molecule has 0 fully saturated rings. The van der Waals surface area contributed by atoms with Crippen molar-refractivity contribution in [1.29, 1.82) is 0 Å². The van der Waals surface area contributed by atoms with Crippen molar-refractivity contribution in [2.24, 2.45) is 5.14 Å². The minimum absolute atomic E-state index is 0.00686. The lowest BCUT2D eigenvalue weighted by atomic mass is 10.1. The highest BCUT2D eigenvalue weighted by atomic mass is 32.2. The van der Waals surface area contributed by atoms with Gasteiger partial charge in [-0.15, -0.1) is 0 Å². The van der Waals surface area contributed by atoms with Crippen LogP contribution in [0, 0.1) is 5.82 Å². The predicted molar refractivity (Wildman–Crippen MR) is 102 cm³/mol. The Morgan fingerprint density at radius 2 is 1.64 bits per heavy atom. The number of benzene rings is 2. The Kier molecular flexibility index (Phi) is 5.35. The number of rotatable bonds is 5. The fourth-order valence-electron chi connectivity index (χ4n) is 2.73. The summed E-state index contributed by atoms with van der Waals surface area (Å²) in [5, 5.41) is 5.10. The molecular weight excluding hydrogens is 383 g/mol. The van der Waals surface area contributed by atoms with Gasteiger partial charge < -0.3 is 9.32 Å². The third-order valence-electron chi connectivity index (χ3n) is 4.54. The predicted octanol–water partition coefficient (Wildman–Crippen LogP) is 3.57. The molecule has 0 saturated heterocycles. The van der Waals surface area contributed by atoms with E-state index in [1.165, 1.54) is 29.2 Å². The second-order valence-corrected chi connectivity index (χ2v) is 7.94. The molecule has 0 spiro atoms. The van der Waals surface area contributed by atoms with Gasteiger partial charge in [0.2, 0.25) is 10.0 Å². The number of primary sulfonamides is 1. The van der Waals surface area contributed by atoms with Gasteiger partial charge in [0.05, 0.1) is 10.9 Å². The minimum atomic E-state index is -3.77. The molecule has 0 aliphatic rings. The van der Waals surface area contributed by atoms with E-state index in [-0.39, 0.29) is 28.4 Å². The molecule has 1 unspecified atom stereocenters. The largest absolute Gasteiger partial charge is 0.451 e. The second-order valence-electron chi connectivity index (χ2n) is 6.38. The third kappa shape index (κ3) is 4.13. The number of hydrogen-bond acceptors (Lipinski definition) is 4. The van der Waals surface area contributed by atoms with Crippen molar-refractivity contribution >= 4 is 15.9 Å². The van der Waals surface area contributed by atoms with Gasteiger partial charge in [0, 0.05) is 12.6 Å². The van der Waals surface area contributed by atoms with E-state index in [0.717, 1.165) is 5.56 Å². The van der Waals surface area contributed by atoms with Crippen LogP contribution in [0.1, 0.15) is 29.1 Å². The van der Waals surface area contributed by atoms with Gasteiger partial charge in [-0.1, -0.05) is 12.1 Å². The highest BCUT2D eigenvalue weighted by Gasteiger charge is 2.22. The van der Waals surface area contributed by atoms with E-state index in [0.29, 0.717) is 11.3 Å². The van der Waals surface area contributed by atoms with E-state index in [1.807, 2.05) is 6.92 Å². The summed E-state index contributed by atoms with van der Waals surface area (Å²) >= 11 is 0. The molecule has 2 aromatic carbocycles. The zero-order valence-corrected chi connectivity index (χ0v) is 16.1. The van der Waals surface area contributed by atoms with Crippen LogP contribution in [0.5, 0.6) is 0 Å². The van der Waals surface area contributed by atoms with Crippen LogP contribution in [0.2, 0.25) is 0 Å². The number of nitrogens with two attached hydrogens (primary N) is 1. The number of sulfonamides is 1. The van der Waals surface area contributed by atoms with Crippen LogP contribution in [-0.2, 0) is 10.0 Å². The molecule has 6 nitrogen and oxygen atoms in total. The van der Waals surface area contributed by atoms with E-state index in [9.17, 15) is 17.6 Å². The maximum Gasteiger partial charge on any atom is 0.289 e. The SMILES string of the molecule is CC(c1ccc(S(N)(=O)=O)cc1)N(C)C(=O)c1ccc(-c2ccc(F)cc2)o1. The molecular formula is C20H19FN2O4S. The molecule has 1 heterocycles. The normalized spacial score (nSPS) is 12.6. The van der Waals surface area contributed by atoms with Gasteiger partial charge in [-0.3, -0.25) is 4.79 Å². The molecule has 2 N–H and O–H groups in total. The molecule has 8 heteroatoms. The quantitative estimate of drug-likeness (QED) is 0.706. The van der Waals surface area contributed by atoms with E-state index >= 15 is 0 Å². The summed E-state index contributed by atoms with van der Waals surface area (Å²) in [4.78, 5) is 14.2. The Labute approximate surface area is 162 Å². The summed E-state index contributed by atoms with van der Waals surface area (Å²) in [6, 6.07) is 14.7. The van der Waals surface area contributed by atoms with E-state index in [4.69, 9.17) is 9.56 Å². The Morgan fingerprint density at radius 3 is 2.21 bits per heavy atom. The number of hydrogen-bond donors (Lipinski definition) is 1. The topological polar surface area (TPSA) is 93.6 Å². The summed E-state index contributed by atoms with van der Waals surface area (Å²) in [6.45, 7) is 1.81. The highest BCUT2D eigenvalue weighted by molar-refractivity contribution is 7.89. The summed E-state index contributed by atoms with van der Waals surface area (Å²) < 4.78 is 41.4. The number of halogens is 1. The average Bonchev–Trinajstić information content (AvgIpc) is 3.16. The maximum absolute atomic E-state index is 13.1. The Bertz CT molecular complexity index is 1090. The average molecular weight is 402 g/mol. The summed E-state index contributed by atoms with van der Waals surface area (Å²) in [5.41, 5.74) is 1.41. The highest BCUT2D eigenvalue weighted by Crippen LogP contribution is 2.26. The van der Waals surface area contributed by atoms with Crippen LogP contribution >= 0.6 is 0 Å². The van der Waals surface area contributed by atoms with Gasteiger partial charge >= 0.3 is 0 Å². The van der Waals surface area contributed by atoms with Crippen LogP contribution in [0.3, 0.4) is 0 Å². The first-order valence-corrected chi connectivity index (χ1v) is 9.97. The number of furan rings is 1. The second kappa shape index (κ2) is 7.57. The zero-order valence-electron chi connectivity index (χ0n) is 15.3. The van der Waals surface area contributed by atoms with Crippen molar-refractivity contribution < 1.29 is 22.0 Å². The van der Waals surface area contributed by atoms with Gasteiger partial charge in [0.1, 0.15) is 11.6 Å². The van der Waals surface area contributed by atoms with Crippen molar-refractivity contribution in [3.63, 3.8) is 0 Å². The summed E-state index contributed by atoms with van der Waals surface area (Å²) in [7, 11) is -2.14. The van der Waals surface area contributed by atoms with Crippen LogP contribution in [0.4, 0.5) is 4.39 Å². The molecule has 0 aliphatic heterocycles. The fraction of sp³-hybridized carbons (Fsp3) is 0.150. The van der Waals surface area contributed by atoms with Crippen molar-refractivity contribution in [2.45, 2.75) is 17.9 Å². The number of carbonyl (C=O) groups excluding carboxylic acids is 1. The number of nitrogens with zero attached hydrogens (tertiary/aromatic N) is 1. The molecule has 0 bridgehead atoms. The van der Waals surface area contributed by atoms with E-state index in [1.54, 1.807) is 43.4 Å². The van der Waals surface area contributed by atoms with Crippen LogP contribution in [-0.4, -0.2) is 26.3 Å². The van der Waals surface area contributed by atoms with Gasteiger partial charge in [-0.05, 0) is 61.0 Å². The zero-order chi connectivity index (χ0) is 20.5. The number of carbonyl (C=O) groups is 1. The summed E-state index contributed by atoms with van der Waals surface area (Å²) in [6.07, 6.45) is 0. The van der Waals surface area contributed by atoms with Crippen LogP contribution < -0.4 is 5.14 Å². The molecule has 1 aromatic heterocycles. The molecule has 1 amide bonds. The van der Waals surface area contributed by atoms with Crippen molar-refractivity contribution in [1.82, 2.24) is 4.90 Å². The molecule has 0 aliphatic carbocycles. The molecule has 1 atom stereocenters. The molecule has 146 valence electrons. The van der Waals surface area contributed by atoms with Gasteiger partial charge in [0.25, 0.3) is 5.91 Å². The lowest BCUT2D eigenvalue weighted by molar-refractivity contribution is 0.0711. The van der Waals surface area contributed by atoms with E-state index in [2.05, 4.69) is 0 Å². The number of amides is 1. The Balaban J connectivity index is 1.77.